The largest absolute Gasteiger partial charge is 0.497 e. The number of rotatable bonds is 4. The SMILES string of the molecule is COc1ccc2[nH]c3cc(-c4ccccc4[N+](=O)[O-])c4c(c3c2c1)C(=O)N(c1ccccc1)C4=O. The Morgan fingerprint density at radius 1 is 0.829 bits per heavy atom. The number of carbonyl (C=O) groups excluding carboxylic acids is 2. The van der Waals surface area contributed by atoms with Gasteiger partial charge in [-0.3, -0.25) is 19.7 Å². The number of para-hydroxylation sites is 2. The molecule has 1 aliphatic rings. The first kappa shape index (κ1) is 20.6. The number of H-pyrrole nitrogens is 1. The zero-order chi connectivity index (χ0) is 24.3. The monoisotopic (exact) mass is 463 g/mol. The molecule has 4 aromatic carbocycles. The number of benzene rings is 4. The highest BCUT2D eigenvalue weighted by Crippen LogP contribution is 2.44. The summed E-state index contributed by atoms with van der Waals surface area (Å²) < 4.78 is 5.38. The highest BCUT2D eigenvalue weighted by Gasteiger charge is 2.42. The molecule has 0 fully saturated rings. The lowest BCUT2D eigenvalue weighted by Crippen LogP contribution is -2.29. The van der Waals surface area contributed by atoms with Gasteiger partial charge in [0.25, 0.3) is 17.5 Å². The van der Waals surface area contributed by atoms with Crippen molar-refractivity contribution in [1.82, 2.24) is 4.98 Å². The molecule has 6 rings (SSSR count). The minimum Gasteiger partial charge on any atom is -0.497 e. The molecular weight excluding hydrogens is 446 g/mol. The van der Waals surface area contributed by atoms with Crippen molar-refractivity contribution in [3.8, 4) is 16.9 Å². The zero-order valence-electron chi connectivity index (χ0n) is 18.4. The van der Waals surface area contributed by atoms with Gasteiger partial charge < -0.3 is 9.72 Å². The molecule has 2 amide bonds. The number of nitro benzene ring substituents is 1. The zero-order valence-corrected chi connectivity index (χ0v) is 18.4. The predicted octanol–water partition coefficient (Wildman–Crippen LogP) is 5.71. The molecule has 1 aromatic heterocycles. The van der Waals surface area contributed by atoms with E-state index in [-0.39, 0.29) is 22.4 Å². The van der Waals surface area contributed by atoms with Crippen LogP contribution in [-0.4, -0.2) is 28.8 Å². The van der Waals surface area contributed by atoms with Crippen LogP contribution < -0.4 is 9.64 Å². The number of hydrogen-bond acceptors (Lipinski definition) is 5. The van der Waals surface area contributed by atoms with Crippen molar-refractivity contribution in [3.63, 3.8) is 0 Å². The third-order valence-corrected chi connectivity index (χ3v) is 6.33. The Bertz CT molecular complexity index is 1710. The van der Waals surface area contributed by atoms with Crippen LogP contribution in [0.5, 0.6) is 5.75 Å². The molecule has 1 N–H and O–H groups in total. The molecule has 5 aromatic rings. The highest BCUT2D eigenvalue weighted by atomic mass is 16.6. The summed E-state index contributed by atoms with van der Waals surface area (Å²) in [6.07, 6.45) is 0. The molecule has 0 saturated heterocycles. The molecule has 170 valence electrons. The van der Waals surface area contributed by atoms with E-state index in [1.54, 1.807) is 67.8 Å². The molecule has 0 bridgehead atoms. The Morgan fingerprint density at radius 3 is 2.29 bits per heavy atom. The fraction of sp³-hybridized carbons (Fsp3) is 0.0370. The fourth-order valence-corrected chi connectivity index (χ4v) is 4.81. The number of anilines is 1. The average molecular weight is 463 g/mol. The van der Waals surface area contributed by atoms with Crippen LogP contribution in [0.1, 0.15) is 20.7 Å². The summed E-state index contributed by atoms with van der Waals surface area (Å²) in [5.74, 6) is -0.402. The molecule has 0 unspecified atom stereocenters. The Morgan fingerprint density at radius 2 is 1.54 bits per heavy atom. The molecule has 8 heteroatoms. The minimum atomic E-state index is -0.525. The van der Waals surface area contributed by atoms with Crippen LogP contribution >= 0.6 is 0 Å². The van der Waals surface area contributed by atoms with Gasteiger partial charge in [-0.2, -0.15) is 0 Å². The van der Waals surface area contributed by atoms with Gasteiger partial charge in [0.1, 0.15) is 5.75 Å². The van der Waals surface area contributed by atoms with Crippen molar-refractivity contribution in [2.75, 3.05) is 12.0 Å². The van der Waals surface area contributed by atoms with Crippen molar-refractivity contribution in [1.29, 1.82) is 0 Å². The number of ether oxygens (including phenoxy) is 1. The van der Waals surface area contributed by atoms with Gasteiger partial charge >= 0.3 is 0 Å². The van der Waals surface area contributed by atoms with Crippen LogP contribution in [0.3, 0.4) is 0 Å². The molecule has 35 heavy (non-hydrogen) atoms. The second kappa shape index (κ2) is 7.53. The lowest BCUT2D eigenvalue weighted by molar-refractivity contribution is -0.384. The van der Waals surface area contributed by atoms with Crippen molar-refractivity contribution >= 4 is 45.0 Å². The van der Waals surface area contributed by atoms with Gasteiger partial charge in [0.2, 0.25) is 0 Å². The van der Waals surface area contributed by atoms with Crippen LogP contribution in [0.2, 0.25) is 0 Å². The van der Waals surface area contributed by atoms with Gasteiger partial charge in [0.05, 0.1) is 34.4 Å². The molecule has 1 aliphatic heterocycles. The highest BCUT2D eigenvalue weighted by molar-refractivity contribution is 6.41. The summed E-state index contributed by atoms with van der Waals surface area (Å²) in [6.45, 7) is 0. The van der Waals surface area contributed by atoms with Gasteiger partial charge in [-0.1, -0.05) is 30.3 Å². The minimum absolute atomic E-state index is 0.143. The Balaban J connectivity index is 1.75. The van der Waals surface area contributed by atoms with Crippen LogP contribution in [-0.2, 0) is 0 Å². The molecule has 2 heterocycles. The molecule has 0 atom stereocenters. The summed E-state index contributed by atoms with van der Waals surface area (Å²) >= 11 is 0. The number of fused-ring (bicyclic) bond motifs is 5. The lowest BCUT2D eigenvalue weighted by Gasteiger charge is -2.13. The average Bonchev–Trinajstić information content (AvgIpc) is 3.37. The van der Waals surface area contributed by atoms with E-state index in [1.165, 1.54) is 6.07 Å². The van der Waals surface area contributed by atoms with Gasteiger partial charge in [-0.25, -0.2) is 4.90 Å². The second-order valence-corrected chi connectivity index (χ2v) is 8.19. The van der Waals surface area contributed by atoms with E-state index in [1.807, 2.05) is 12.1 Å². The number of imide groups is 1. The van der Waals surface area contributed by atoms with Crippen LogP contribution in [0, 0.1) is 10.1 Å². The second-order valence-electron chi connectivity index (χ2n) is 8.19. The predicted molar refractivity (Wildman–Crippen MR) is 132 cm³/mol. The van der Waals surface area contributed by atoms with E-state index in [4.69, 9.17) is 4.74 Å². The molecule has 8 nitrogen and oxygen atoms in total. The van der Waals surface area contributed by atoms with Crippen LogP contribution in [0.4, 0.5) is 11.4 Å². The van der Waals surface area contributed by atoms with E-state index in [0.717, 1.165) is 15.8 Å². The van der Waals surface area contributed by atoms with Gasteiger partial charge in [-0.05, 0) is 42.5 Å². The first-order valence-electron chi connectivity index (χ1n) is 10.8. The Kier molecular flexibility index (Phi) is 4.43. The summed E-state index contributed by atoms with van der Waals surface area (Å²) in [7, 11) is 1.55. The number of nitrogens with one attached hydrogen (secondary N) is 1. The first-order chi connectivity index (χ1) is 17.0. The molecule has 0 aliphatic carbocycles. The van der Waals surface area contributed by atoms with Crippen molar-refractivity contribution in [2.45, 2.75) is 0 Å². The maximum atomic E-state index is 13.8. The number of nitro groups is 1. The van der Waals surface area contributed by atoms with Crippen molar-refractivity contribution in [3.05, 3.63) is 100 Å². The third kappa shape index (κ3) is 2.93. The standard InChI is InChI=1S/C27H17N3O5/c1-35-16-11-12-20-19(13-16)23-21(28-20)14-18(17-9-5-6-10-22(17)30(33)34)24-25(23)27(32)29(26(24)31)15-7-3-2-4-8-15/h2-14,28H,1H3. The van der Waals surface area contributed by atoms with E-state index < -0.39 is 16.7 Å². The number of amides is 2. The first-order valence-corrected chi connectivity index (χ1v) is 10.8. The summed E-state index contributed by atoms with van der Waals surface area (Å²) in [4.78, 5) is 43.4. The Labute approximate surface area is 198 Å². The number of nitrogens with zero attached hydrogens (tertiary/aromatic N) is 2. The summed E-state index contributed by atoms with van der Waals surface area (Å²) in [6, 6.07) is 22.0. The van der Waals surface area contributed by atoms with Gasteiger partial charge in [-0.15, -0.1) is 0 Å². The Hall–Kier alpha value is -4.98. The maximum Gasteiger partial charge on any atom is 0.277 e. The normalized spacial score (nSPS) is 13.0. The number of hydrogen-bond donors (Lipinski definition) is 1. The smallest absolute Gasteiger partial charge is 0.277 e. The number of aromatic amines is 1. The topological polar surface area (TPSA) is 106 Å². The lowest BCUT2D eigenvalue weighted by atomic mass is 9.92. The number of carbonyl (C=O) groups is 2. The molecule has 0 saturated carbocycles. The van der Waals surface area contributed by atoms with Crippen molar-refractivity contribution in [2.24, 2.45) is 0 Å². The van der Waals surface area contributed by atoms with E-state index in [2.05, 4.69) is 4.98 Å². The van der Waals surface area contributed by atoms with Crippen molar-refractivity contribution < 1.29 is 19.2 Å². The van der Waals surface area contributed by atoms with E-state index in [9.17, 15) is 19.7 Å². The van der Waals surface area contributed by atoms with Crippen LogP contribution in [0.25, 0.3) is 32.9 Å². The number of aromatic nitrogens is 1. The quantitative estimate of drug-likeness (QED) is 0.209. The number of methoxy groups -OCH3 is 1. The molecule has 0 spiro atoms. The van der Waals surface area contributed by atoms with Gasteiger partial charge in [0.15, 0.2) is 0 Å². The molecule has 0 radical (unpaired) electrons. The summed E-state index contributed by atoms with van der Waals surface area (Å²) in [5, 5.41) is 13.1. The van der Waals surface area contributed by atoms with E-state index >= 15 is 0 Å². The maximum absolute atomic E-state index is 13.8. The molecular formula is C27H17N3O5. The summed E-state index contributed by atoms with van der Waals surface area (Å²) in [5.41, 5.74) is 2.58. The fourth-order valence-electron chi connectivity index (χ4n) is 4.81. The third-order valence-electron chi connectivity index (χ3n) is 6.33. The van der Waals surface area contributed by atoms with E-state index in [0.29, 0.717) is 27.9 Å². The van der Waals surface area contributed by atoms with Crippen LogP contribution in [0.15, 0.2) is 78.9 Å². The van der Waals surface area contributed by atoms with Gasteiger partial charge in [0, 0.05) is 33.4 Å².